The Hall–Kier alpha value is -1.88. The highest BCUT2D eigenvalue weighted by Gasteiger charge is 2.12. The van der Waals surface area contributed by atoms with Crippen molar-refractivity contribution >= 4 is 16.5 Å². The van der Waals surface area contributed by atoms with Crippen molar-refractivity contribution in [2.24, 2.45) is 0 Å². The number of nitrogen functional groups attached to an aromatic ring is 1. The molecule has 0 saturated carbocycles. The van der Waals surface area contributed by atoms with Crippen LogP contribution in [0, 0.1) is 6.92 Å². The fourth-order valence-electron chi connectivity index (χ4n) is 1.80. The second kappa shape index (κ2) is 5.84. The molecule has 0 saturated heterocycles. The van der Waals surface area contributed by atoms with Crippen molar-refractivity contribution in [3.05, 3.63) is 47.8 Å². The molecule has 0 amide bonds. The van der Waals surface area contributed by atoms with E-state index < -0.39 is 10.8 Å². The quantitative estimate of drug-likeness (QED) is 0.870. The molecule has 5 heteroatoms. The number of nitrogens with two attached hydrogens (primary N) is 1. The summed E-state index contributed by atoms with van der Waals surface area (Å²) < 4.78 is 17.6. The molecule has 1 aromatic heterocycles. The molecule has 0 aliphatic heterocycles. The SMILES string of the molecule is COc1cc(N)ccc1S(=O)Cc1cncc(C)c1. The Balaban J connectivity index is 2.25. The number of methoxy groups -OCH3 is 1. The topological polar surface area (TPSA) is 65.2 Å². The number of nitrogens with zero attached hydrogens (tertiary/aromatic N) is 1. The minimum absolute atomic E-state index is 0.412. The predicted octanol–water partition coefficient (Wildman–Crippen LogP) is 2.29. The summed E-state index contributed by atoms with van der Waals surface area (Å²) in [7, 11) is 0.362. The van der Waals surface area contributed by atoms with Crippen molar-refractivity contribution in [1.29, 1.82) is 0 Å². The molecule has 0 radical (unpaired) electrons. The van der Waals surface area contributed by atoms with Crippen molar-refractivity contribution in [3.63, 3.8) is 0 Å². The van der Waals surface area contributed by atoms with E-state index >= 15 is 0 Å². The zero-order valence-electron chi connectivity index (χ0n) is 10.9. The van der Waals surface area contributed by atoms with E-state index in [2.05, 4.69) is 4.98 Å². The molecule has 2 rings (SSSR count). The minimum atomic E-state index is -1.18. The molecule has 1 heterocycles. The third-order valence-corrected chi connectivity index (χ3v) is 4.09. The lowest BCUT2D eigenvalue weighted by atomic mass is 10.2. The summed E-state index contributed by atoms with van der Waals surface area (Å²) in [5.41, 5.74) is 8.28. The third kappa shape index (κ3) is 3.32. The average Bonchev–Trinajstić information content (AvgIpc) is 2.38. The normalized spacial score (nSPS) is 12.1. The summed E-state index contributed by atoms with van der Waals surface area (Å²) in [6.45, 7) is 1.96. The van der Waals surface area contributed by atoms with E-state index in [-0.39, 0.29) is 0 Å². The van der Waals surface area contributed by atoms with Gasteiger partial charge < -0.3 is 10.5 Å². The summed E-state index contributed by atoms with van der Waals surface area (Å²) in [5.74, 6) is 0.966. The Morgan fingerprint density at radius 3 is 2.79 bits per heavy atom. The number of hydrogen-bond donors (Lipinski definition) is 1. The first-order valence-electron chi connectivity index (χ1n) is 5.82. The molecule has 1 atom stereocenters. The van der Waals surface area contributed by atoms with Gasteiger partial charge in [0.1, 0.15) is 5.75 Å². The van der Waals surface area contributed by atoms with Crippen molar-refractivity contribution in [1.82, 2.24) is 4.98 Å². The molecule has 2 N–H and O–H groups in total. The van der Waals surface area contributed by atoms with Crippen LogP contribution in [0.5, 0.6) is 5.75 Å². The first-order chi connectivity index (χ1) is 9.10. The molecule has 100 valence electrons. The number of anilines is 1. The molecule has 0 aliphatic rings. The second-order valence-electron chi connectivity index (χ2n) is 4.27. The summed E-state index contributed by atoms with van der Waals surface area (Å²) >= 11 is 0. The monoisotopic (exact) mass is 276 g/mol. The van der Waals surface area contributed by atoms with Crippen molar-refractivity contribution in [2.75, 3.05) is 12.8 Å². The van der Waals surface area contributed by atoms with Crippen LogP contribution in [0.2, 0.25) is 0 Å². The van der Waals surface area contributed by atoms with Gasteiger partial charge in [0.05, 0.1) is 28.6 Å². The van der Waals surface area contributed by atoms with Gasteiger partial charge in [-0.25, -0.2) is 0 Å². The summed E-state index contributed by atoms with van der Waals surface area (Å²) in [6.07, 6.45) is 3.50. The van der Waals surface area contributed by atoms with Gasteiger partial charge in [-0.15, -0.1) is 0 Å². The van der Waals surface area contributed by atoms with E-state index in [0.717, 1.165) is 11.1 Å². The van der Waals surface area contributed by atoms with E-state index in [1.54, 1.807) is 37.7 Å². The molecular weight excluding hydrogens is 260 g/mol. The Kier molecular flexibility index (Phi) is 4.16. The fraction of sp³-hybridized carbons (Fsp3) is 0.214. The molecule has 2 aromatic rings. The number of pyridine rings is 1. The number of hydrogen-bond acceptors (Lipinski definition) is 4. The second-order valence-corrected chi connectivity index (χ2v) is 5.69. The first kappa shape index (κ1) is 13.5. The number of aryl methyl sites for hydroxylation is 1. The van der Waals surface area contributed by atoms with Crippen LogP contribution in [0.4, 0.5) is 5.69 Å². The maximum absolute atomic E-state index is 12.4. The Morgan fingerprint density at radius 2 is 2.11 bits per heavy atom. The van der Waals surface area contributed by atoms with Crippen LogP contribution in [-0.4, -0.2) is 16.3 Å². The number of benzene rings is 1. The standard InChI is InChI=1S/C14H16N2O2S/c1-10-5-11(8-16-7-10)9-19(17)14-4-3-12(15)6-13(14)18-2/h3-8H,9,15H2,1-2H3. The van der Waals surface area contributed by atoms with Gasteiger partial charge in [0, 0.05) is 24.1 Å². The molecule has 1 aromatic carbocycles. The molecular formula is C14H16N2O2S. The largest absolute Gasteiger partial charge is 0.495 e. The van der Waals surface area contributed by atoms with Crippen LogP contribution in [0.1, 0.15) is 11.1 Å². The molecule has 4 nitrogen and oxygen atoms in total. The van der Waals surface area contributed by atoms with Gasteiger partial charge in [-0.3, -0.25) is 9.19 Å². The van der Waals surface area contributed by atoms with Gasteiger partial charge >= 0.3 is 0 Å². The van der Waals surface area contributed by atoms with Crippen LogP contribution < -0.4 is 10.5 Å². The maximum Gasteiger partial charge on any atom is 0.137 e. The van der Waals surface area contributed by atoms with Crippen LogP contribution in [0.3, 0.4) is 0 Å². The minimum Gasteiger partial charge on any atom is -0.495 e. The number of rotatable bonds is 4. The van der Waals surface area contributed by atoms with Crippen molar-refractivity contribution < 1.29 is 8.95 Å². The fourth-order valence-corrected chi connectivity index (χ4v) is 3.00. The van der Waals surface area contributed by atoms with Gasteiger partial charge in [-0.05, 0) is 30.2 Å². The summed E-state index contributed by atoms with van der Waals surface area (Å²) in [4.78, 5) is 4.75. The van der Waals surface area contributed by atoms with Gasteiger partial charge in [0.15, 0.2) is 0 Å². The third-order valence-electron chi connectivity index (χ3n) is 2.66. The lowest BCUT2D eigenvalue weighted by Gasteiger charge is -2.09. The molecule has 0 spiro atoms. The van der Waals surface area contributed by atoms with E-state index in [0.29, 0.717) is 22.1 Å². The van der Waals surface area contributed by atoms with Gasteiger partial charge in [0.25, 0.3) is 0 Å². The highest BCUT2D eigenvalue weighted by Crippen LogP contribution is 2.26. The zero-order valence-corrected chi connectivity index (χ0v) is 11.7. The van der Waals surface area contributed by atoms with E-state index in [9.17, 15) is 4.21 Å². The Morgan fingerprint density at radius 1 is 1.32 bits per heavy atom. The van der Waals surface area contributed by atoms with Crippen molar-refractivity contribution in [2.45, 2.75) is 17.6 Å². The van der Waals surface area contributed by atoms with Crippen LogP contribution in [0.15, 0.2) is 41.6 Å². The van der Waals surface area contributed by atoms with Crippen LogP contribution in [-0.2, 0) is 16.6 Å². The Bertz CT molecular complexity index is 614. The van der Waals surface area contributed by atoms with Gasteiger partial charge in [0.2, 0.25) is 0 Å². The maximum atomic E-state index is 12.4. The molecule has 0 bridgehead atoms. The van der Waals surface area contributed by atoms with Gasteiger partial charge in [-0.2, -0.15) is 0 Å². The van der Waals surface area contributed by atoms with E-state index in [1.165, 1.54) is 0 Å². The lowest BCUT2D eigenvalue weighted by Crippen LogP contribution is -2.01. The average molecular weight is 276 g/mol. The highest BCUT2D eigenvalue weighted by molar-refractivity contribution is 7.84. The first-order valence-corrected chi connectivity index (χ1v) is 7.14. The van der Waals surface area contributed by atoms with E-state index in [1.807, 2.05) is 13.0 Å². The van der Waals surface area contributed by atoms with Crippen LogP contribution >= 0.6 is 0 Å². The van der Waals surface area contributed by atoms with E-state index in [4.69, 9.17) is 10.5 Å². The van der Waals surface area contributed by atoms with Crippen LogP contribution in [0.25, 0.3) is 0 Å². The smallest absolute Gasteiger partial charge is 0.137 e. The Labute approximate surface area is 115 Å². The summed E-state index contributed by atoms with van der Waals surface area (Å²) in [5, 5.41) is 0. The number of ether oxygens (including phenoxy) is 1. The lowest BCUT2D eigenvalue weighted by molar-refractivity contribution is 0.404. The molecule has 19 heavy (non-hydrogen) atoms. The molecule has 0 aliphatic carbocycles. The summed E-state index contributed by atoms with van der Waals surface area (Å²) in [6, 6.07) is 7.13. The molecule has 0 fully saturated rings. The molecule has 1 unspecified atom stereocenters. The highest BCUT2D eigenvalue weighted by atomic mass is 32.2. The van der Waals surface area contributed by atoms with Gasteiger partial charge in [-0.1, -0.05) is 6.07 Å². The zero-order chi connectivity index (χ0) is 13.8. The van der Waals surface area contributed by atoms with Crippen molar-refractivity contribution in [3.8, 4) is 5.75 Å². The number of aromatic nitrogens is 1. The predicted molar refractivity (Wildman–Crippen MR) is 76.5 cm³/mol.